The number of hydrogen-bond acceptors (Lipinski definition) is 3. The summed E-state index contributed by atoms with van der Waals surface area (Å²) in [5.41, 5.74) is 3.40. The largest absolute Gasteiger partial charge is 0.348 e. The number of rotatable bonds is 7. The van der Waals surface area contributed by atoms with Crippen molar-refractivity contribution in [1.82, 2.24) is 5.32 Å². The molecule has 0 heterocycles. The van der Waals surface area contributed by atoms with Crippen molar-refractivity contribution in [3.63, 3.8) is 0 Å². The van der Waals surface area contributed by atoms with Gasteiger partial charge in [0.2, 0.25) is 5.91 Å². The first-order valence-corrected chi connectivity index (χ1v) is 12.2. The van der Waals surface area contributed by atoms with Gasteiger partial charge in [-0.2, -0.15) is 0 Å². The van der Waals surface area contributed by atoms with Gasteiger partial charge in [-0.1, -0.05) is 65.2 Å². The van der Waals surface area contributed by atoms with Crippen molar-refractivity contribution in [2.75, 3.05) is 10.8 Å². The van der Waals surface area contributed by atoms with E-state index in [1.165, 1.54) is 30.3 Å². The molecule has 1 amide bonds. The SMILES string of the molecule is Cc1ccc([C@H](C)NC(=O)CN(c2ccc(Cl)c(Cl)c2)S(=O)(=O)c2ccccc2)c(C)c1. The molecule has 0 spiro atoms. The van der Waals surface area contributed by atoms with Gasteiger partial charge in [-0.3, -0.25) is 9.10 Å². The van der Waals surface area contributed by atoms with E-state index < -0.39 is 22.5 Å². The quantitative estimate of drug-likeness (QED) is 0.462. The number of nitrogens with one attached hydrogen (secondary N) is 1. The minimum Gasteiger partial charge on any atom is -0.348 e. The van der Waals surface area contributed by atoms with E-state index in [1.54, 1.807) is 18.2 Å². The van der Waals surface area contributed by atoms with Crippen LogP contribution in [0.2, 0.25) is 10.0 Å². The molecular weight excluding hydrogens is 467 g/mol. The number of anilines is 1. The third-order valence-electron chi connectivity index (χ3n) is 5.08. The molecule has 0 saturated heterocycles. The van der Waals surface area contributed by atoms with Gasteiger partial charge in [0.1, 0.15) is 6.54 Å². The molecule has 1 atom stereocenters. The molecule has 0 fully saturated rings. The molecular formula is C24H24Cl2N2O3S. The van der Waals surface area contributed by atoms with Gasteiger partial charge < -0.3 is 5.32 Å². The molecule has 0 unspecified atom stereocenters. The van der Waals surface area contributed by atoms with Crippen molar-refractivity contribution in [3.8, 4) is 0 Å². The van der Waals surface area contributed by atoms with Crippen LogP contribution in [-0.4, -0.2) is 20.9 Å². The molecule has 0 aliphatic carbocycles. The molecule has 32 heavy (non-hydrogen) atoms. The Morgan fingerprint density at radius 3 is 2.28 bits per heavy atom. The molecule has 3 rings (SSSR count). The fourth-order valence-corrected chi connectivity index (χ4v) is 5.21. The van der Waals surface area contributed by atoms with Crippen LogP contribution in [0.5, 0.6) is 0 Å². The zero-order valence-electron chi connectivity index (χ0n) is 18.0. The summed E-state index contributed by atoms with van der Waals surface area (Å²) in [4.78, 5) is 13.0. The van der Waals surface area contributed by atoms with Crippen LogP contribution >= 0.6 is 23.2 Å². The number of nitrogens with zero attached hydrogens (tertiary/aromatic N) is 1. The minimum atomic E-state index is -4.02. The molecule has 5 nitrogen and oxygen atoms in total. The first kappa shape index (κ1) is 24.1. The standard InChI is InChI=1S/C24H24Cl2N2O3S/c1-16-9-11-21(17(2)13-16)18(3)27-24(29)15-28(19-10-12-22(25)23(26)14-19)32(30,31)20-7-5-4-6-8-20/h4-14,18H,15H2,1-3H3,(H,27,29)/t18-/m0/s1. The Balaban J connectivity index is 1.91. The predicted octanol–water partition coefficient (Wildman–Crippen LogP) is 5.68. The number of hydrogen-bond donors (Lipinski definition) is 1. The predicted molar refractivity (Wildman–Crippen MR) is 130 cm³/mol. The maximum absolute atomic E-state index is 13.4. The Morgan fingerprint density at radius 1 is 0.969 bits per heavy atom. The molecule has 8 heteroatoms. The lowest BCUT2D eigenvalue weighted by molar-refractivity contribution is -0.120. The topological polar surface area (TPSA) is 66.5 Å². The van der Waals surface area contributed by atoms with Gasteiger partial charge in [-0.15, -0.1) is 0 Å². The van der Waals surface area contributed by atoms with Crippen LogP contribution in [-0.2, 0) is 14.8 Å². The maximum Gasteiger partial charge on any atom is 0.264 e. The monoisotopic (exact) mass is 490 g/mol. The first-order valence-electron chi connectivity index (χ1n) is 9.99. The number of carbonyl (C=O) groups excluding carboxylic acids is 1. The van der Waals surface area contributed by atoms with Crippen molar-refractivity contribution in [3.05, 3.63) is 93.5 Å². The van der Waals surface area contributed by atoms with E-state index >= 15 is 0 Å². The fraction of sp³-hybridized carbons (Fsp3) is 0.208. The number of sulfonamides is 1. The van der Waals surface area contributed by atoms with Gasteiger partial charge in [0.25, 0.3) is 10.0 Å². The van der Waals surface area contributed by atoms with Crippen molar-refractivity contribution >= 4 is 44.8 Å². The second-order valence-electron chi connectivity index (χ2n) is 7.57. The average molecular weight is 491 g/mol. The maximum atomic E-state index is 13.4. The summed E-state index contributed by atoms with van der Waals surface area (Å²) in [6, 6.07) is 18.1. The summed E-state index contributed by atoms with van der Waals surface area (Å²) in [6.07, 6.45) is 0. The van der Waals surface area contributed by atoms with Crippen LogP contribution in [0.25, 0.3) is 0 Å². The lowest BCUT2D eigenvalue weighted by Crippen LogP contribution is -2.41. The molecule has 0 aliphatic rings. The van der Waals surface area contributed by atoms with Gasteiger partial charge in [0, 0.05) is 0 Å². The van der Waals surface area contributed by atoms with Gasteiger partial charge >= 0.3 is 0 Å². The van der Waals surface area contributed by atoms with Crippen molar-refractivity contribution in [2.45, 2.75) is 31.7 Å². The number of amides is 1. The molecule has 0 saturated carbocycles. The molecule has 168 valence electrons. The Bertz CT molecular complexity index is 1230. The third kappa shape index (κ3) is 5.44. The van der Waals surface area contributed by atoms with Crippen LogP contribution in [0.4, 0.5) is 5.69 Å². The number of aryl methyl sites for hydroxylation is 2. The molecule has 0 aromatic heterocycles. The van der Waals surface area contributed by atoms with E-state index in [0.717, 1.165) is 21.0 Å². The number of carbonyl (C=O) groups is 1. The molecule has 3 aromatic carbocycles. The summed E-state index contributed by atoms with van der Waals surface area (Å²) in [5, 5.41) is 3.39. The average Bonchev–Trinajstić information content (AvgIpc) is 2.74. The highest BCUT2D eigenvalue weighted by molar-refractivity contribution is 7.92. The summed E-state index contributed by atoms with van der Waals surface area (Å²) in [6.45, 7) is 5.44. The van der Waals surface area contributed by atoms with Crippen LogP contribution in [0.3, 0.4) is 0 Å². The molecule has 0 radical (unpaired) electrons. The van der Waals surface area contributed by atoms with Crippen LogP contribution in [0.15, 0.2) is 71.6 Å². The van der Waals surface area contributed by atoms with E-state index in [2.05, 4.69) is 5.32 Å². The Kier molecular flexibility index (Phi) is 7.49. The minimum absolute atomic E-state index is 0.0706. The van der Waals surface area contributed by atoms with Crippen LogP contribution in [0, 0.1) is 13.8 Å². The summed E-state index contributed by atoms with van der Waals surface area (Å²) in [5.74, 6) is -0.442. The van der Waals surface area contributed by atoms with Crippen molar-refractivity contribution in [2.24, 2.45) is 0 Å². The van der Waals surface area contributed by atoms with Crippen molar-refractivity contribution in [1.29, 1.82) is 0 Å². The second-order valence-corrected chi connectivity index (χ2v) is 10.2. The Morgan fingerprint density at radius 2 is 1.66 bits per heavy atom. The second kappa shape index (κ2) is 9.94. The summed E-state index contributed by atoms with van der Waals surface area (Å²) >= 11 is 12.1. The molecule has 3 aromatic rings. The number of benzene rings is 3. The van der Waals surface area contributed by atoms with E-state index in [0.29, 0.717) is 5.02 Å². The fourth-order valence-electron chi connectivity index (χ4n) is 3.48. The van der Waals surface area contributed by atoms with Crippen LogP contribution in [0.1, 0.15) is 29.7 Å². The zero-order chi connectivity index (χ0) is 23.5. The lowest BCUT2D eigenvalue weighted by Gasteiger charge is -2.25. The highest BCUT2D eigenvalue weighted by Crippen LogP contribution is 2.30. The van der Waals surface area contributed by atoms with Gasteiger partial charge in [-0.25, -0.2) is 8.42 Å². The Labute approximate surface area is 199 Å². The highest BCUT2D eigenvalue weighted by atomic mass is 35.5. The Hall–Kier alpha value is -2.54. The highest BCUT2D eigenvalue weighted by Gasteiger charge is 2.28. The van der Waals surface area contributed by atoms with Gasteiger partial charge in [0.15, 0.2) is 0 Å². The van der Waals surface area contributed by atoms with Gasteiger partial charge in [0.05, 0.1) is 26.7 Å². The van der Waals surface area contributed by atoms with Crippen molar-refractivity contribution < 1.29 is 13.2 Å². The smallest absolute Gasteiger partial charge is 0.264 e. The van der Waals surface area contributed by atoms with E-state index in [4.69, 9.17) is 23.2 Å². The lowest BCUT2D eigenvalue weighted by atomic mass is 10.0. The normalized spacial score (nSPS) is 12.3. The number of halogens is 2. The van der Waals surface area contributed by atoms with E-state index in [1.807, 2.05) is 39.0 Å². The molecule has 1 N–H and O–H groups in total. The summed E-state index contributed by atoms with van der Waals surface area (Å²) < 4.78 is 27.8. The third-order valence-corrected chi connectivity index (χ3v) is 7.61. The van der Waals surface area contributed by atoms with Gasteiger partial charge in [-0.05, 0) is 62.2 Å². The van der Waals surface area contributed by atoms with Crippen LogP contribution < -0.4 is 9.62 Å². The first-order chi connectivity index (χ1) is 15.1. The molecule has 0 aliphatic heterocycles. The van der Waals surface area contributed by atoms with E-state index in [-0.39, 0.29) is 21.6 Å². The van der Waals surface area contributed by atoms with E-state index in [9.17, 15) is 13.2 Å². The summed E-state index contributed by atoms with van der Waals surface area (Å²) in [7, 11) is -4.02. The molecule has 0 bridgehead atoms. The zero-order valence-corrected chi connectivity index (χ0v) is 20.3.